The fourth-order valence-corrected chi connectivity index (χ4v) is 2.91. The smallest absolute Gasteiger partial charge is 0.323 e. The molecule has 30 heavy (non-hydrogen) atoms. The summed E-state index contributed by atoms with van der Waals surface area (Å²) in [4.78, 5) is 12.4. The molecule has 3 aromatic rings. The van der Waals surface area contributed by atoms with Gasteiger partial charge in [0.05, 0.1) is 19.0 Å². The molecule has 7 heteroatoms. The third kappa shape index (κ3) is 4.96. The lowest BCUT2D eigenvalue weighted by Crippen LogP contribution is -2.19. The number of allylic oxidation sites excluding steroid dienone is 4. The van der Waals surface area contributed by atoms with Crippen LogP contribution >= 0.6 is 0 Å². The fourth-order valence-electron chi connectivity index (χ4n) is 2.91. The van der Waals surface area contributed by atoms with Gasteiger partial charge in [-0.3, -0.25) is 5.10 Å². The number of benzene rings is 2. The molecule has 0 aliphatic carbocycles. The van der Waals surface area contributed by atoms with E-state index < -0.39 is 0 Å². The van der Waals surface area contributed by atoms with Gasteiger partial charge >= 0.3 is 6.03 Å². The SMILES string of the molecule is C=C/C=C(\C=C/N)c1cn[nH]c1-c1cccc(NC(=O)Nc2ccc(OC)cc2)c1. The van der Waals surface area contributed by atoms with Crippen molar-refractivity contribution in [1.82, 2.24) is 10.2 Å². The average Bonchev–Trinajstić information content (AvgIpc) is 3.24. The molecule has 0 bridgehead atoms. The zero-order valence-electron chi connectivity index (χ0n) is 16.6. The molecule has 0 atom stereocenters. The highest BCUT2D eigenvalue weighted by molar-refractivity contribution is 6.00. The number of carbonyl (C=O) groups is 1. The second kappa shape index (κ2) is 9.79. The highest BCUT2D eigenvalue weighted by atomic mass is 16.5. The molecule has 0 aliphatic rings. The second-order valence-corrected chi connectivity index (χ2v) is 6.26. The molecule has 0 fully saturated rings. The minimum absolute atomic E-state index is 0.347. The van der Waals surface area contributed by atoms with Gasteiger partial charge in [-0.05, 0) is 54.2 Å². The largest absolute Gasteiger partial charge is 0.497 e. The Morgan fingerprint density at radius 2 is 1.93 bits per heavy atom. The first-order chi connectivity index (χ1) is 14.6. The van der Waals surface area contributed by atoms with Gasteiger partial charge in [-0.1, -0.05) is 30.9 Å². The summed E-state index contributed by atoms with van der Waals surface area (Å²) in [5.74, 6) is 0.721. The number of hydrogen-bond donors (Lipinski definition) is 4. The predicted molar refractivity (Wildman–Crippen MR) is 121 cm³/mol. The maximum Gasteiger partial charge on any atom is 0.323 e. The number of nitrogens with one attached hydrogen (secondary N) is 3. The van der Waals surface area contributed by atoms with Gasteiger partial charge in [0.15, 0.2) is 0 Å². The van der Waals surface area contributed by atoms with Crippen molar-refractivity contribution in [3.05, 3.63) is 91.3 Å². The number of hydrogen-bond acceptors (Lipinski definition) is 4. The van der Waals surface area contributed by atoms with Crippen LogP contribution in [0.2, 0.25) is 0 Å². The third-order valence-electron chi connectivity index (χ3n) is 4.28. The van der Waals surface area contributed by atoms with Gasteiger partial charge in [0.2, 0.25) is 0 Å². The molecule has 1 heterocycles. The first kappa shape index (κ1) is 20.5. The van der Waals surface area contributed by atoms with Crippen molar-refractivity contribution in [2.24, 2.45) is 5.73 Å². The van der Waals surface area contributed by atoms with Crippen molar-refractivity contribution >= 4 is 23.0 Å². The van der Waals surface area contributed by atoms with E-state index in [-0.39, 0.29) is 6.03 Å². The number of anilines is 2. The van der Waals surface area contributed by atoms with Crippen molar-refractivity contribution in [2.75, 3.05) is 17.7 Å². The number of rotatable bonds is 7. The fraction of sp³-hybridized carbons (Fsp3) is 0.0435. The summed E-state index contributed by atoms with van der Waals surface area (Å²) in [7, 11) is 1.59. The van der Waals surface area contributed by atoms with Gasteiger partial charge in [0.1, 0.15) is 5.75 Å². The minimum Gasteiger partial charge on any atom is -0.497 e. The van der Waals surface area contributed by atoms with Crippen LogP contribution in [0.3, 0.4) is 0 Å². The van der Waals surface area contributed by atoms with E-state index in [9.17, 15) is 4.79 Å². The first-order valence-corrected chi connectivity index (χ1v) is 9.22. The molecule has 5 N–H and O–H groups in total. The molecule has 0 saturated carbocycles. The number of H-pyrrole nitrogens is 1. The Bertz CT molecular complexity index is 1080. The maximum atomic E-state index is 12.4. The first-order valence-electron chi connectivity index (χ1n) is 9.22. The zero-order chi connectivity index (χ0) is 21.3. The van der Waals surface area contributed by atoms with E-state index in [1.807, 2.05) is 30.3 Å². The summed E-state index contributed by atoms with van der Waals surface area (Å²) >= 11 is 0. The summed E-state index contributed by atoms with van der Waals surface area (Å²) in [6, 6.07) is 14.2. The molecule has 0 spiro atoms. The lowest BCUT2D eigenvalue weighted by atomic mass is 10.0. The second-order valence-electron chi connectivity index (χ2n) is 6.26. The number of aromatic amines is 1. The summed E-state index contributed by atoms with van der Waals surface area (Å²) < 4.78 is 5.12. The molecular formula is C23H23N5O2. The number of nitrogens with two attached hydrogens (primary N) is 1. The van der Waals surface area contributed by atoms with Gasteiger partial charge in [-0.15, -0.1) is 0 Å². The molecule has 152 valence electrons. The van der Waals surface area contributed by atoms with Crippen LogP contribution in [0.1, 0.15) is 5.56 Å². The number of carbonyl (C=O) groups excluding carboxylic acids is 1. The van der Waals surface area contributed by atoms with E-state index in [0.717, 1.165) is 28.1 Å². The van der Waals surface area contributed by atoms with E-state index in [2.05, 4.69) is 27.4 Å². The van der Waals surface area contributed by atoms with E-state index in [1.165, 1.54) is 6.20 Å². The van der Waals surface area contributed by atoms with Crippen LogP contribution in [0.5, 0.6) is 5.75 Å². The van der Waals surface area contributed by atoms with Gasteiger partial charge in [-0.25, -0.2) is 4.79 Å². The van der Waals surface area contributed by atoms with E-state index >= 15 is 0 Å². The highest BCUT2D eigenvalue weighted by Gasteiger charge is 2.11. The number of aromatic nitrogens is 2. The number of methoxy groups -OCH3 is 1. The molecule has 2 aromatic carbocycles. The normalized spacial score (nSPS) is 11.3. The molecule has 1 aromatic heterocycles. The number of nitrogens with zero attached hydrogens (tertiary/aromatic N) is 1. The Morgan fingerprint density at radius 3 is 2.63 bits per heavy atom. The quantitative estimate of drug-likeness (QED) is 0.428. The average molecular weight is 401 g/mol. The Hall–Kier alpha value is -4.26. The molecule has 0 unspecified atom stereocenters. The van der Waals surface area contributed by atoms with E-state index in [1.54, 1.807) is 49.7 Å². The van der Waals surface area contributed by atoms with Crippen LogP contribution in [0.25, 0.3) is 16.8 Å². The minimum atomic E-state index is -0.347. The summed E-state index contributed by atoms with van der Waals surface area (Å²) in [5.41, 5.74) is 10.3. The van der Waals surface area contributed by atoms with E-state index in [0.29, 0.717) is 11.4 Å². The molecule has 0 aliphatic heterocycles. The van der Waals surface area contributed by atoms with Crippen molar-refractivity contribution in [3.63, 3.8) is 0 Å². The molecule has 3 rings (SSSR count). The van der Waals surface area contributed by atoms with Gasteiger partial charge < -0.3 is 21.1 Å². The van der Waals surface area contributed by atoms with Crippen LogP contribution in [-0.2, 0) is 0 Å². The van der Waals surface area contributed by atoms with Crippen molar-refractivity contribution in [3.8, 4) is 17.0 Å². The van der Waals surface area contributed by atoms with Crippen molar-refractivity contribution < 1.29 is 9.53 Å². The Balaban J connectivity index is 1.78. The predicted octanol–water partition coefficient (Wildman–Crippen LogP) is 4.77. The third-order valence-corrected chi connectivity index (χ3v) is 4.28. The Labute approximate surface area is 175 Å². The molecule has 0 radical (unpaired) electrons. The van der Waals surface area contributed by atoms with Crippen molar-refractivity contribution in [1.29, 1.82) is 0 Å². The summed E-state index contributed by atoms with van der Waals surface area (Å²) in [5, 5.41) is 12.8. The van der Waals surface area contributed by atoms with E-state index in [4.69, 9.17) is 10.5 Å². The number of urea groups is 1. The van der Waals surface area contributed by atoms with Gasteiger partial charge in [-0.2, -0.15) is 5.10 Å². The van der Waals surface area contributed by atoms with Gasteiger partial charge in [0, 0.05) is 22.5 Å². The van der Waals surface area contributed by atoms with Crippen molar-refractivity contribution in [2.45, 2.75) is 0 Å². The molecule has 0 saturated heterocycles. The maximum absolute atomic E-state index is 12.4. The lowest BCUT2D eigenvalue weighted by Gasteiger charge is -2.10. The summed E-state index contributed by atoms with van der Waals surface area (Å²) in [6.07, 6.45) is 8.50. The van der Waals surface area contributed by atoms with Crippen LogP contribution < -0.4 is 21.1 Å². The van der Waals surface area contributed by atoms with Crippen LogP contribution in [0.4, 0.5) is 16.2 Å². The number of ether oxygens (including phenoxy) is 1. The van der Waals surface area contributed by atoms with Gasteiger partial charge in [0.25, 0.3) is 0 Å². The molecular weight excluding hydrogens is 378 g/mol. The zero-order valence-corrected chi connectivity index (χ0v) is 16.6. The standard InChI is InChI=1S/C23H23N5O2/c1-3-5-16(12-13-24)21-15-25-28-22(21)17-6-4-7-19(14-17)27-23(29)26-18-8-10-20(30-2)11-9-18/h3-15H,1,24H2,2H3,(H,25,28)(H2,26,27,29)/b13-12-,16-5+. The number of amides is 2. The highest BCUT2D eigenvalue weighted by Crippen LogP contribution is 2.29. The van der Waals surface area contributed by atoms with Crippen LogP contribution in [0, 0.1) is 0 Å². The van der Waals surface area contributed by atoms with Crippen LogP contribution in [-0.4, -0.2) is 23.3 Å². The molecule has 7 nitrogen and oxygen atoms in total. The lowest BCUT2D eigenvalue weighted by molar-refractivity contribution is 0.262. The topological polar surface area (TPSA) is 105 Å². The van der Waals surface area contributed by atoms with Crippen LogP contribution in [0.15, 0.2) is 85.7 Å². The molecule has 2 amide bonds. The Morgan fingerprint density at radius 1 is 1.17 bits per heavy atom. The monoisotopic (exact) mass is 401 g/mol. The summed E-state index contributed by atoms with van der Waals surface area (Å²) in [6.45, 7) is 3.74. The Kier molecular flexibility index (Phi) is 6.68.